The highest BCUT2D eigenvalue weighted by atomic mass is 16.4. The zero-order valence-corrected chi connectivity index (χ0v) is 10.2. The maximum absolute atomic E-state index is 12.1. The van der Waals surface area contributed by atoms with Gasteiger partial charge in [-0.2, -0.15) is 0 Å². The molecule has 0 fully saturated rings. The van der Waals surface area contributed by atoms with Crippen LogP contribution in [0.4, 0.5) is 5.82 Å². The topological polar surface area (TPSA) is 83.6 Å². The van der Waals surface area contributed by atoms with Crippen molar-refractivity contribution < 1.29 is 19.1 Å². The SMILES string of the molecule is CCN(C(=O)c1ccco1)c1ccc(C(=O)O)cn1. The van der Waals surface area contributed by atoms with Gasteiger partial charge in [-0.15, -0.1) is 0 Å². The minimum Gasteiger partial charge on any atom is -0.478 e. The first-order valence-electron chi connectivity index (χ1n) is 5.68. The summed E-state index contributed by atoms with van der Waals surface area (Å²) >= 11 is 0. The number of hydrogen-bond acceptors (Lipinski definition) is 4. The minimum absolute atomic E-state index is 0.0743. The quantitative estimate of drug-likeness (QED) is 0.909. The number of carbonyl (C=O) groups is 2. The molecule has 0 aliphatic heterocycles. The fourth-order valence-corrected chi connectivity index (χ4v) is 1.62. The first kappa shape index (κ1) is 12.8. The molecular weight excluding hydrogens is 248 g/mol. The fourth-order valence-electron chi connectivity index (χ4n) is 1.62. The molecule has 0 spiro atoms. The number of pyridine rings is 1. The van der Waals surface area contributed by atoms with Gasteiger partial charge in [0.1, 0.15) is 5.82 Å². The lowest BCUT2D eigenvalue weighted by molar-refractivity contribution is 0.0696. The summed E-state index contributed by atoms with van der Waals surface area (Å²) in [6.45, 7) is 2.20. The molecule has 0 radical (unpaired) electrons. The fraction of sp³-hybridized carbons (Fsp3) is 0.154. The largest absolute Gasteiger partial charge is 0.478 e. The third kappa shape index (κ3) is 2.62. The van der Waals surface area contributed by atoms with E-state index in [1.54, 1.807) is 19.1 Å². The lowest BCUT2D eigenvalue weighted by Crippen LogP contribution is -2.31. The molecular formula is C13H12N2O4. The van der Waals surface area contributed by atoms with Crippen molar-refractivity contribution in [3.8, 4) is 0 Å². The second kappa shape index (κ2) is 5.34. The van der Waals surface area contributed by atoms with Crippen LogP contribution in [-0.4, -0.2) is 28.5 Å². The zero-order valence-electron chi connectivity index (χ0n) is 10.2. The van der Waals surface area contributed by atoms with E-state index < -0.39 is 5.97 Å². The molecule has 0 unspecified atom stereocenters. The Hall–Kier alpha value is -2.63. The summed E-state index contributed by atoms with van der Waals surface area (Å²) in [6.07, 6.45) is 2.64. The second-order valence-corrected chi connectivity index (χ2v) is 3.74. The highest BCUT2D eigenvalue weighted by Crippen LogP contribution is 2.15. The summed E-state index contributed by atoms with van der Waals surface area (Å²) in [5, 5.41) is 8.80. The molecule has 0 saturated heterocycles. The Morgan fingerprint density at radius 1 is 1.37 bits per heavy atom. The number of nitrogens with zero attached hydrogens (tertiary/aromatic N) is 2. The first-order valence-corrected chi connectivity index (χ1v) is 5.68. The van der Waals surface area contributed by atoms with Gasteiger partial charge in [0, 0.05) is 12.7 Å². The maximum Gasteiger partial charge on any atom is 0.337 e. The molecule has 2 rings (SSSR count). The predicted octanol–water partition coefficient (Wildman–Crippen LogP) is 2.04. The van der Waals surface area contributed by atoms with Crippen LogP contribution in [0.3, 0.4) is 0 Å². The highest BCUT2D eigenvalue weighted by molar-refractivity contribution is 6.03. The molecule has 19 heavy (non-hydrogen) atoms. The number of carboxylic acids is 1. The molecule has 0 aliphatic rings. The van der Waals surface area contributed by atoms with E-state index in [4.69, 9.17) is 9.52 Å². The number of amides is 1. The van der Waals surface area contributed by atoms with Gasteiger partial charge < -0.3 is 9.52 Å². The number of aromatic carboxylic acids is 1. The summed E-state index contributed by atoms with van der Waals surface area (Å²) < 4.78 is 5.05. The molecule has 0 saturated carbocycles. The third-order valence-corrected chi connectivity index (χ3v) is 2.56. The molecule has 0 aliphatic carbocycles. The zero-order chi connectivity index (χ0) is 13.8. The van der Waals surface area contributed by atoms with Crippen LogP contribution in [0.2, 0.25) is 0 Å². The van der Waals surface area contributed by atoms with Gasteiger partial charge >= 0.3 is 5.97 Å². The van der Waals surface area contributed by atoms with Gasteiger partial charge in [0.05, 0.1) is 11.8 Å². The number of carbonyl (C=O) groups excluding carboxylic acids is 1. The van der Waals surface area contributed by atoms with Crippen LogP contribution in [-0.2, 0) is 0 Å². The molecule has 98 valence electrons. The smallest absolute Gasteiger partial charge is 0.337 e. The normalized spacial score (nSPS) is 10.2. The van der Waals surface area contributed by atoms with Crippen LogP contribution in [0.1, 0.15) is 27.8 Å². The lowest BCUT2D eigenvalue weighted by Gasteiger charge is -2.18. The van der Waals surface area contributed by atoms with E-state index in [9.17, 15) is 9.59 Å². The molecule has 1 amide bonds. The Labute approximate surface area is 109 Å². The number of aromatic nitrogens is 1. The second-order valence-electron chi connectivity index (χ2n) is 3.74. The summed E-state index contributed by atoms with van der Waals surface area (Å²) in [7, 11) is 0. The Bertz CT molecular complexity index is 575. The van der Waals surface area contributed by atoms with Crippen molar-refractivity contribution in [2.45, 2.75) is 6.92 Å². The van der Waals surface area contributed by atoms with E-state index in [-0.39, 0.29) is 17.2 Å². The number of furan rings is 1. The highest BCUT2D eigenvalue weighted by Gasteiger charge is 2.19. The van der Waals surface area contributed by atoms with Crippen molar-refractivity contribution in [3.05, 3.63) is 48.0 Å². The minimum atomic E-state index is -1.06. The van der Waals surface area contributed by atoms with Gasteiger partial charge in [-0.05, 0) is 31.2 Å². The molecule has 0 aromatic carbocycles. The van der Waals surface area contributed by atoms with E-state index in [1.165, 1.54) is 29.5 Å². The Morgan fingerprint density at radius 3 is 2.63 bits per heavy atom. The van der Waals surface area contributed by atoms with Crippen molar-refractivity contribution in [3.63, 3.8) is 0 Å². The van der Waals surface area contributed by atoms with Gasteiger partial charge in [0.25, 0.3) is 5.91 Å². The third-order valence-electron chi connectivity index (χ3n) is 2.56. The standard InChI is InChI=1S/C13H12N2O4/c1-2-15(12(16)10-4-3-7-19-10)11-6-5-9(8-14-11)13(17)18/h3-8H,2H2,1H3,(H,17,18). The van der Waals surface area contributed by atoms with Crippen molar-refractivity contribution in [2.75, 3.05) is 11.4 Å². The summed E-state index contributed by atoms with van der Waals surface area (Å²) in [6, 6.07) is 6.09. The predicted molar refractivity (Wildman–Crippen MR) is 67.3 cm³/mol. The van der Waals surface area contributed by atoms with Crippen LogP contribution < -0.4 is 4.90 Å². The molecule has 1 N–H and O–H groups in total. The Balaban J connectivity index is 2.27. The van der Waals surface area contributed by atoms with Gasteiger partial charge in [0.2, 0.25) is 0 Å². The van der Waals surface area contributed by atoms with Crippen LogP contribution in [0.5, 0.6) is 0 Å². The van der Waals surface area contributed by atoms with Crippen molar-refractivity contribution in [1.82, 2.24) is 4.98 Å². The molecule has 0 bridgehead atoms. The van der Waals surface area contributed by atoms with E-state index in [0.717, 1.165) is 0 Å². The summed E-state index contributed by atoms with van der Waals surface area (Å²) in [4.78, 5) is 28.3. The summed E-state index contributed by atoms with van der Waals surface area (Å²) in [5.74, 6) is -0.776. The number of carboxylic acid groups (broad SMARTS) is 1. The molecule has 0 atom stereocenters. The first-order chi connectivity index (χ1) is 9.13. The van der Waals surface area contributed by atoms with Crippen LogP contribution in [0.25, 0.3) is 0 Å². The number of rotatable bonds is 4. The molecule has 2 aromatic heterocycles. The molecule has 6 nitrogen and oxygen atoms in total. The van der Waals surface area contributed by atoms with E-state index in [1.807, 2.05) is 0 Å². The molecule has 2 heterocycles. The van der Waals surface area contributed by atoms with Crippen LogP contribution in [0, 0.1) is 0 Å². The van der Waals surface area contributed by atoms with Gasteiger partial charge in [0.15, 0.2) is 5.76 Å². The van der Waals surface area contributed by atoms with Gasteiger partial charge in [-0.3, -0.25) is 9.69 Å². The Kier molecular flexibility index (Phi) is 3.61. The van der Waals surface area contributed by atoms with E-state index in [2.05, 4.69) is 4.98 Å². The van der Waals surface area contributed by atoms with Gasteiger partial charge in [-0.25, -0.2) is 9.78 Å². The average molecular weight is 260 g/mol. The van der Waals surface area contributed by atoms with Crippen molar-refractivity contribution in [2.24, 2.45) is 0 Å². The Morgan fingerprint density at radius 2 is 2.16 bits per heavy atom. The molecule has 2 aromatic rings. The van der Waals surface area contributed by atoms with Gasteiger partial charge in [-0.1, -0.05) is 0 Å². The average Bonchev–Trinajstić information content (AvgIpc) is 2.94. The van der Waals surface area contributed by atoms with E-state index >= 15 is 0 Å². The molecule has 6 heteroatoms. The summed E-state index contributed by atoms with van der Waals surface area (Å²) in [5.41, 5.74) is 0.0743. The number of anilines is 1. The number of hydrogen-bond donors (Lipinski definition) is 1. The maximum atomic E-state index is 12.1. The van der Waals surface area contributed by atoms with Crippen LogP contribution in [0.15, 0.2) is 41.1 Å². The monoisotopic (exact) mass is 260 g/mol. The van der Waals surface area contributed by atoms with E-state index in [0.29, 0.717) is 12.4 Å². The lowest BCUT2D eigenvalue weighted by atomic mass is 10.2. The van der Waals surface area contributed by atoms with Crippen LogP contribution >= 0.6 is 0 Å². The van der Waals surface area contributed by atoms with Crippen molar-refractivity contribution in [1.29, 1.82) is 0 Å². The van der Waals surface area contributed by atoms with Crippen molar-refractivity contribution >= 4 is 17.7 Å².